The fourth-order valence-electron chi connectivity index (χ4n) is 2.54. The van der Waals surface area contributed by atoms with Crippen molar-refractivity contribution >= 4 is 23.5 Å². The second-order valence-corrected chi connectivity index (χ2v) is 6.22. The van der Waals surface area contributed by atoms with Crippen molar-refractivity contribution < 1.29 is 23.9 Å². The molecule has 2 amide bonds. The molecule has 0 spiro atoms. The van der Waals surface area contributed by atoms with Crippen LogP contribution in [-0.4, -0.2) is 31.4 Å². The molecule has 0 bridgehead atoms. The molecule has 7 heteroatoms. The maximum atomic E-state index is 12.1. The Morgan fingerprint density at radius 1 is 0.767 bits per heavy atom. The number of nitrogens with one attached hydrogen (secondary N) is 2. The second-order valence-electron chi connectivity index (χ2n) is 6.22. The van der Waals surface area contributed by atoms with Gasteiger partial charge in [0.2, 0.25) is 0 Å². The van der Waals surface area contributed by atoms with E-state index < -0.39 is 18.5 Å². The van der Waals surface area contributed by atoms with Gasteiger partial charge in [-0.15, -0.1) is 0 Å². The Labute approximate surface area is 173 Å². The quantitative estimate of drug-likeness (QED) is 0.587. The molecule has 7 nitrogen and oxygen atoms in total. The second kappa shape index (κ2) is 9.88. The smallest absolute Gasteiger partial charge is 0.338 e. The Balaban J connectivity index is 1.48. The number of carbonyl (C=O) groups is 3. The van der Waals surface area contributed by atoms with Gasteiger partial charge >= 0.3 is 5.97 Å². The van der Waals surface area contributed by atoms with Crippen LogP contribution in [0, 0.1) is 0 Å². The Morgan fingerprint density at radius 2 is 1.37 bits per heavy atom. The molecular weight excluding hydrogens is 384 g/mol. The lowest BCUT2D eigenvalue weighted by atomic mass is 10.2. The number of benzene rings is 3. The molecule has 0 unspecified atom stereocenters. The lowest BCUT2D eigenvalue weighted by Crippen LogP contribution is -2.21. The topological polar surface area (TPSA) is 93.7 Å². The summed E-state index contributed by atoms with van der Waals surface area (Å²) in [7, 11) is 1.54. The molecule has 0 aromatic heterocycles. The molecular formula is C23H20N2O5. The number of para-hydroxylation sites is 1. The van der Waals surface area contributed by atoms with E-state index in [0.717, 1.165) is 0 Å². The molecule has 0 radical (unpaired) electrons. The van der Waals surface area contributed by atoms with E-state index >= 15 is 0 Å². The first-order valence-corrected chi connectivity index (χ1v) is 9.17. The molecule has 0 aliphatic rings. The summed E-state index contributed by atoms with van der Waals surface area (Å²) in [6.45, 7) is -0.432. The number of rotatable bonds is 7. The molecule has 152 valence electrons. The van der Waals surface area contributed by atoms with Crippen molar-refractivity contribution in [1.82, 2.24) is 5.32 Å². The highest BCUT2D eigenvalue weighted by Gasteiger charge is 2.11. The summed E-state index contributed by atoms with van der Waals surface area (Å²) in [5.41, 5.74) is 1.27. The molecule has 30 heavy (non-hydrogen) atoms. The zero-order valence-corrected chi connectivity index (χ0v) is 16.3. The minimum absolute atomic E-state index is 0.220. The summed E-state index contributed by atoms with van der Waals surface area (Å²) in [6, 6.07) is 22.1. The van der Waals surface area contributed by atoms with Crippen LogP contribution in [0.1, 0.15) is 20.7 Å². The van der Waals surface area contributed by atoms with Gasteiger partial charge in [0, 0.05) is 18.3 Å². The summed E-state index contributed by atoms with van der Waals surface area (Å²) in [6.07, 6.45) is 0. The van der Waals surface area contributed by atoms with Gasteiger partial charge in [0.05, 0.1) is 5.56 Å². The predicted octanol–water partition coefficient (Wildman–Crippen LogP) is 3.63. The highest BCUT2D eigenvalue weighted by atomic mass is 16.5. The number of hydrogen-bond acceptors (Lipinski definition) is 5. The average molecular weight is 404 g/mol. The van der Waals surface area contributed by atoms with Gasteiger partial charge < -0.3 is 20.1 Å². The van der Waals surface area contributed by atoms with E-state index in [4.69, 9.17) is 9.47 Å². The van der Waals surface area contributed by atoms with Crippen molar-refractivity contribution in [2.75, 3.05) is 19.0 Å². The van der Waals surface area contributed by atoms with Crippen molar-refractivity contribution in [2.45, 2.75) is 0 Å². The summed E-state index contributed by atoms with van der Waals surface area (Å²) in [5.74, 6) is -0.0583. The van der Waals surface area contributed by atoms with E-state index in [9.17, 15) is 14.4 Å². The van der Waals surface area contributed by atoms with Crippen LogP contribution >= 0.6 is 0 Å². The zero-order chi connectivity index (χ0) is 21.3. The van der Waals surface area contributed by atoms with Crippen LogP contribution in [0.15, 0.2) is 78.9 Å². The zero-order valence-electron chi connectivity index (χ0n) is 16.3. The third-order valence-corrected chi connectivity index (χ3v) is 4.06. The molecule has 0 aliphatic carbocycles. The maximum Gasteiger partial charge on any atom is 0.338 e. The molecule has 0 heterocycles. The minimum Gasteiger partial charge on any atom is -0.457 e. The first-order valence-electron chi connectivity index (χ1n) is 9.17. The molecule has 3 aromatic rings. The Kier molecular flexibility index (Phi) is 6.78. The van der Waals surface area contributed by atoms with E-state index in [2.05, 4.69) is 10.6 Å². The molecule has 0 saturated carbocycles. The summed E-state index contributed by atoms with van der Waals surface area (Å²) in [4.78, 5) is 35.6. The summed E-state index contributed by atoms with van der Waals surface area (Å²) in [5, 5.41) is 5.12. The Bertz CT molecular complexity index is 1020. The fourth-order valence-corrected chi connectivity index (χ4v) is 2.54. The van der Waals surface area contributed by atoms with Gasteiger partial charge in [-0.2, -0.15) is 0 Å². The lowest BCUT2D eigenvalue weighted by molar-refractivity contribution is -0.119. The van der Waals surface area contributed by atoms with E-state index in [1.54, 1.807) is 48.5 Å². The van der Waals surface area contributed by atoms with Gasteiger partial charge in [-0.05, 0) is 60.7 Å². The number of ether oxygens (including phenoxy) is 2. The van der Waals surface area contributed by atoms with Gasteiger partial charge in [0.1, 0.15) is 11.5 Å². The van der Waals surface area contributed by atoms with Crippen LogP contribution in [0.4, 0.5) is 5.69 Å². The van der Waals surface area contributed by atoms with E-state index in [1.807, 2.05) is 30.3 Å². The number of amides is 2. The van der Waals surface area contributed by atoms with E-state index in [0.29, 0.717) is 28.3 Å². The number of esters is 1. The first kappa shape index (κ1) is 20.6. The van der Waals surface area contributed by atoms with Crippen LogP contribution in [-0.2, 0) is 9.53 Å². The van der Waals surface area contributed by atoms with Crippen LogP contribution in [0.5, 0.6) is 11.5 Å². The molecule has 2 N–H and O–H groups in total. The van der Waals surface area contributed by atoms with Crippen molar-refractivity contribution in [2.24, 2.45) is 0 Å². The standard InChI is InChI=1S/C23H20N2O5/c1-24-22(27)16-7-11-18(12-8-16)25-21(26)15-29-23(28)17-9-13-20(14-10-17)30-19-5-3-2-4-6-19/h2-14H,15H2,1H3,(H,24,27)(H,25,26). The van der Waals surface area contributed by atoms with Crippen LogP contribution in [0.2, 0.25) is 0 Å². The van der Waals surface area contributed by atoms with E-state index in [1.165, 1.54) is 7.05 Å². The average Bonchev–Trinajstić information content (AvgIpc) is 2.78. The SMILES string of the molecule is CNC(=O)c1ccc(NC(=O)COC(=O)c2ccc(Oc3ccccc3)cc2)cc1. The van der Waals surface area contributed by atoms with Crippen LogP contribution < -0.4 is 15.4 Å². The first-order chi connectivity index (χ1) is 14.5. The Hall–Kier alpha value is -4.13. The summed E-state index contributed by atoms with van der Waals surface area (Å²) < 4.78 is 10.7. The van der Waals surface area contributed by atoms with Crippen molar-refractivity contribution in [1.29, 1.82) is 0 Å². The highest BCUT2D eigenvalue weighted by Crippen LogP contribution is 2.21. The normalized spacial score (nSPS) is 10.0. The monoisotopic (exact) mass is 404 g/mol. The third-order valence-electron chi connectivity index (χ3n) is 4.06. The molecule has 0 aliphatic heterocycles. The fraction of sp³-hybridized carbons (Fsp3) is 0.0870. The van der Waals surface area contributed by atoms with Crippen molar-refractivity contribution in [3.05, 3.63) is 90.0 Å². The van der Waals surface area contributed by atoms with E-state index in [-0.39, 0.29) is 5.91 Å². The number of hydrogen-bond donors (Lipinski definition) is 2. The number of anilines is 1. The van der Waals surface area contributed by atoms with Crippen LogP contribution in [0.3, 0.4) is 0 Å². The molecule has 0 saturated heterocycles. The maximum absolute atomic E-state index is 12.1. The minimum atomic E-state index is -0.619. The lowest BCUT2D eigenvalue weighted by Gasteiger charge is -2.08. The number of carbonyl (C=O) groups excluding carboxylic acids is 3. The van der Waals surface area contributed by atoms with Gasteiger partial charge in [0.15, 0.2) is 6.61 Å². The van der Waals surface area contributed by atoms with Gasteiger partial charge in [-0.1, -0.05) is 18.2 Å². The predicted molar refractivity (Wildman–Crippen MR) is 112 cm³/mol. The van der Waals surface area contributed by atoms with Gasteiger partial charge in [0.25, 0.3) is 11.8 Å². The highest BCUT2D eigenvalue weighted by molar-refractivity contribution is 5.97. The molecule has 3 rings (SSSR count). The summed E-state index contributed by atoms with van der Waals surface area (Å²) >= 11 is 0. The third kappa shape index (κ3) is 5.68. The largest absolute Gasteiger partial charge is 0.457 e. The van der Waals surface area contributed by atoms with Gasteiger partial charge in [-0.25, -0.2) is 4.79 Å². The van der Waals surface area contributed by atoms with Crippen LogP contribution in [0.25, 0.3) is 0 Å². The molecule has 0 atom stereocenters. The Morgan fingerprint density at radius 3 is 2.00 bits per heavy atom. The van der Waals surface area contributed by atoms with Crippen molar-refractivity contribution in [3.8, 4) is 11.5 Å². The molecule has 0 fully saturated rings. The molecule has 3 aromatic carbocycles. The van der Waals surface area contributed by atoms with Gasteiger partial charge in [-0.3, -0.25) is 9.59 Å². The van der Waals surface area contributed by atoms with Crippen molar-refractivity contribution in [3.63, 3.8) is 0 Å².